The van der Waals surface area contributed by atoms with Gasteiger partial charge in [-0.3, -0.25) is 19.3 Å². The molecule has 3 saturated heterocycles. The van der Waals surface area contributed by atoms with Gasteiger partial charge in [-0.2, -0.15) is 0 Å². The molecule has 3 heterocycles. The Morgan fingerprint density at radius 2 is 1.60 bits per heavy atom. The third-order valence-corrected chi connectivity index (χ3v) is 21.8. The van der Waals surface area contributed by atoms with Gasteiger partial charge in [0, 0.05) is 74.3 Å². The normalized spacial score (nSPS) is 49.9. The summed E-state index contributed by atoms with van der Waals surface area (Å²) in [5.41, 5.74) is -7.33. The Bertz CT molecular complexity index is 2250. The third kappa shape index (κ3) is 12.1. The molecule has 3 saturated carbocycles. The lowest BCUT2D eigenvalue weighted by Crippen LogP contribution is -2.67. The average Bonchev–Trinajstić information content (AvgIpc) is 3.64. The van der Waals surface area contributed by atoms with Crippen LogP contribution in [0.4, 0.5) is 4.39 Å². The van der Waals surface area contributed by atoms with E-state index in [4.69, 9.17) is 28.4 Å². The number of aliphatic hydroxyl groups excluding tert-OH is 3. The Morgan fingerprint density at radius 3 is 2.24 bits per heavy atom. The lowest BCUT2D eigenvalue weighted by Gasteiger charge is -2.61. The molecule has 26 atom stereocenters. The second-order valence-electron chi connectivity index (χ2n) is 27.8. The summed E-state index contributed by atoms with van der Waals surface area (Å²) in [6, 6.07) is -1.05. The van der Waals surface area contributed by atoms with E-state index in [0.29, 0.717) is 51.6 Å². The van der Waals surface area contributed by atoms with Gasteiger partial charge in [-0.1, -0.05) is 53.2 Å². The Balaban J connectivity index is 1.15. The molecule has 0 spiro atoms. The maximum atomic E-state index is 17.9. The summed E-state index contributed by atoms with van der Waals surface area (Å²) in [5.74, 6) is -4.39. The average molecular weight is 1130 g/mol. The van der Waals surface area contributed by atoms with Gasteiger partial charge in [-0.25, -0.2) is 4.39 Å². The fraction of sp³-hybridized carbons (Fsp3) is 0.887. The number of ketones is 1. The zero-order chi connectivity index (χ0) is 59.6. The van der Waals surface area contributed by atoms with Crippen molar-refractivity contribution in [3.63, 3.8) is 0 Å². The van der Waals surface area contributed by atoms with E-state index in [1.807, 2.05) is 79.3 Å². The Kier molecular flexibility index (Phi) is 19.9. The first-order chi connectivity index (χ1) is 37.1. The summed E-state index contributed by atoms with van der Waals surface area (Å²) in [4.78, 5) is 45.7. The lowest BCUT2D eigenvalue weighted by molar-refractivity contribution is -0.313. The quantitative estimate of drug-likeness (QED) is 0.0934. The second kappa shape index (κ2) is 24.5. The van der Waals surface area contributed by atoms with E-state index in [1.165, 1.54) is 19.1 Å². The summed E-state index contributed by atoms with van der Waals surface area (Å²) in [6.07, 6.45) is -1.82. The number of carbonyl (C=O) groups is 3. The minimum absolute atomic E-state index is 0.00114. The van der Waals surface area contributed by atoms with Gasteiger partial charge in [0.1, 0.15) is 23.9 Å². The van der Waals surface area contributed by atoms with Gasteiger partial charge in [0.05, 0.1) is 47.6 Å². The number of allylic oxidation sites excluding steroid dienone is 4. The minimum Gasteiger partial charge on any atom is -0.459 e. The van der Waals surface area contributed by atoms with Crippen molar-refractivity contribution in [3.8, 4) is 0 Å². The first-order valence-corrected chi connectivity index (χ1v) is 30.3. The van der Waals surface area contributed by atoms with Gasteiger partial charge < -0.3 is 64.2 Å². The molecule has 3 unspecified atom stereocenters. The minimum atomic E-state index is -1.99. The van der Waals surface area contributed by atoms with Gasteiger partial charge in [0.2, 0.25) is 5.91 Å². The highest BCUT2D eigenvalue weighted by molar-refractivity contribution is 6.01. The number of esters is 1. The standard InChI is InChI=1S/C62H104FN3O14/c1-18-47-61(14,74)52(70)39(8)66(25-19-24-64-54(71)49-34(3)26-44-43-21-20-41-28-42(67)22-23-58(41,11)62(43,63)46(68)30-57(44,49)10)32-33(2)29-59(12,73)53(80-56-50(69)45(65(15)16)27-35(4)76-56)36(5)51(37(6)55(72)78-47)79-48-31-60(13,75-17)38(7)40(9)77-48/h22-23,28,33-40,43-53,56,68-70,73-74H,18-21,24-27,29-32H2,1-17H3,(H,64,71)/t33-,34-,35-,36+,37-,38-,39-,40?,43?,44?,45-,46+,47-,48-,49-,50-,51+,52-,53-,56+,57+,58+,59-,60+,61-,62+/m1/s1. The fourth-order valence-electron chi connectivity index (χ4n) is 16.8. The highest BCUT2D eigenvalue weighted by Gasteiger charge is 2.72. The number of amides is 1. The fourth-order valence-corrected chi connectivity index (χ4v) is 16.8. The number of hydrogen-bond donors (Lipinski definition) is 6. The van der Waals surface area contributed by atoms with Crippen LogP contribution in [0.1, 0.15) is 155 Å². The first-order valence-electron chi connectivity index (χ1n) is 30.3. The smallest absolute Gasteiger partial charge is 0.311 e. The number of nitrogens with zero attached hydrogens (tertiary/aromatic N) is 2. The number of carbonyl (C=O) groups excluding carboxylic acids is 3. The van der Waals surface area contributed by atoms with Crippen LogP contribution in [0.3, 0.4) is 0 Å². The number of nitrogens with one attached hydrogen (secondary N) is 1. The topological polar surface area (TPSA) is 226 Å². The first kappa shape index (κ1) is 65.1. The zero-order valence-corrected chi connectivity index (χ0v) is 51.4. The Morgan fingerprint density at radius 1 is 0.925 bits per heavy atom. The van der Waals surface area contributed by atoms with Crippen molar-refractivity contribution < 1.29 is 72.7 Å². The molecule has 7 aliphatic rings. The van der Waals surface area contributed by atoms with E-state index in [-0.39, 0.29) is 79.4 Å². The Hall–Kier alpha value is -2.46. The molecule has 1 amide bonds. The third-order valence-electron chi connectivity index (χ3n) is 21.8. The molecule has 3 aliphatic heterocycles. The summed E-state index contributed by atoms with van der Waals surface area (Å²) in [5, 5.41) is 64.9. The number of hydrogen-bond acceptors (Lipinski definition) is 16. The molecule has 458 valence electrons. The number of fused-ring (bicyclic) bond motifs is 5. The molecule has 0 aromatic rings. The van der Waals surface area contributed by atoms with Crippen LogP contribution in [0.2, 0.25) is 0 Å². The summed E-state index contributed by atoms with van der Waals surface area (Å²) in [6.45, 7) is 27.0. The van der Waals surface area contributed by atoms with E-state index in [1.54, 1.807) is 40.9 Å². The molecule has 7 rings (SSSR count). The molecule has 17 nitrogen and oxygen atoms in total. The molecule has 0 radical (unpaired) electrons. The number of aliphatic hydroxyl groups is 5. The van der Waals surface area contributed by atoms with Crippen molar-refractivity contribution in [1.29, 1.82) is 0 Å². The summed E-state index contributed by atoms with van der Waals surface area (Å²) < 4.78 is 56.9. The van der Waals surface area contributed by atoms with Gasteiger partial charge in [0.15, 0.2) is 24.0 Å². The number of likely N-dealkylation sites (N-methyl/N-ethyl adjacent to an activating group) is 1. The van der Waals surface area contributed by atoms with Gasteiger partial charge >= 0.3 is 5.97 Å². The van der Waals surface area contributed by atoms with Crippen LogP contribution in [0.25, 0.3) is 0 Å². The van der Waals surface area contributed by atoms with Crippen LogP contribution in [0, 0.1) is 58.2 Å². The predicted octanol–water partition coefficient (Wildman–Crippen LogP) is 6.29. The van der Waals surface area contributed by atoms with Crippen molar-refractivity contribution in [2.45, 2.75) is 251 Å². The number of cyclic esters (lactones) is 1. The van der Waals surface area contributed by atoms with Crippen LogP contribution in [-0.2, 0) is 42.8 Å². The van der Waals surface area contributed by atoms with Crippen LogP contribution >= 0.6 is 0 Å². The largest absolute Gasteiger partial charge is 0.459 e. The van der Waals surface area contributed by atoms with Crippen LogP contribution in [-0.4, -0.2) is 190 Å². The van der Waals surface area contributed by atoms with Crippen molar-refractivity contribution in [2.75, 3.05) is 40.8 Å². The van der Waals surface area contributed by atoms with Crippen molar-refractivity contribution >= 4 is 17.7 Å². The van der Waals surface area contributed by atoms with Crippen molar-refractivity contribution in [2.24, 2.45) is 58.2 Å². The molecule has 0 aromatic heterocycles. The highest BCUT2D eigenvalue weighted by atomic mass is 19.1. The van der Waals surface area contributed by atoms with Crippen LogP contribution in [0.5, 0.6) is 0 Å². The number of halogens is 1. The van der Waals surface area contributed by atoms with E-state index in [2.05, 4.69) is 12.2 Å². The van der Waals surface area contributed by atoms with Gasteiger partial charge in [-0.05, 0) is 156 Å². The monoisotopic (exact) mass is 1130 g/mol. The molecular weight excluding hydrogens is 1030 g/mol. The lowest BCUT2D eigenvalue weighted by atomic mass is 9.45. The maximum Gasteiger partial charge on any atom is 0.311 e. The molecule has 0 aromatic carbocycles. The highest BCUT2D eigenvalue weighted by Crippen LogP contribution is 2.69. The van der Waals surface area contributed by atoms with E-state index >= 15 is 4.39 Å². The molecule has 6 fully saturated rings. The van der Waals surface area contributed by atoms with E-state index in [0.717, 1.165) is 5.57 Å². The van der Waals surface area contributed by atoms with Gasteiger partial charge in [-0.15, -0.1) is 0 Å². The van der Waals surface area contributed by atoms with Gasteiger partial charge in [0.25, 0.3) is 0 Å². The van der Waals surface area contributed by atoms with E-state index < -0.39 is 118 Å². The van der Waals surface area contributed by atoms with Crippen molar-refractivity contribution in [1.82, 2.24) is 15.1 Å². The van der Waals surface area contributed by atoms with Crippen molar-refractivity contribution in [3.05, 3.63) is 23.8 Å². The maximum absolute atomic E-state index is 17.9. The molecule has 18 heteroatoms. The summed E-state index contributed by atoms with van der Waals surface area (Å²) >= 11 is 0. The molecule has 0 bridgehead atoms. The SMILES string of the molecule is CC[C@H]1OC(=O)[C@H](C)[C@@H](O[C@@H]2C[C@](C)(OC)[C@H](C)C(C)O2)[C@H](C)[C@@H](O[C@@H]2O[C@H](C)C[C@@H](N(C)C)[C@H]2O)[C@](C)(O)C[C@@H](C)CN(CCCNC(=O)[C@H]2[C@H](C)CC3C4CCC5=CC(=O)C=C[C@]5(C)[C@@]4(F)[C@@H](O)C[C@@]32C)[C@H](C)[C@@H](O)[C@]1(C)O. The number of methoxy groups -OCH3 is 1. The molecule has 6 N–H and O–H groups in total. The molecule has 4 aliphatic carbocycles. The number of rotatable bonds is 12. The molecular formula is C62H104FN3O14. The number of ether oxygens (including phenoxy) is 6. The second-order valence-corrected chi connectivity index (χ2v) is 27.8. The van der Waals surface area contributed by atoms with Crippen LogP contribution < -0.4 is 5.32 Å². The number of alkyl halides is 1. The summed E-state index contributed by atoms with van der Waals surface area (Å²) in [7, 11) is 5.43. The van der Waals surface area contributed by atoms with E-state index in [9.17, 15) is 39.9 Å². The molecule has 80 heavy (non-hydrogen) atoms. The Labute approximate surface area is 477 Å². The van der Waals surface area contributed by atoms with Crippen LogP contribution in [0.15, 0.2) is 23.8 Å². The predicted molar refractivity (Wildman–Crippen MR) is 300 cm³/mol. The zero-order valence-electron chi connectivity index (χ0n) is 51.4.